The Bertz CT molecular complexity index is 710. The number of hydrogen-bond donors (Lipinski definition) is 2. The highest BCUT2D eigenvalue weighted by Crippen LogP contribution is 2.33. The lowest BCUT2D eigenvalue weighted by Crippen LogP contribution is -2.15. The van der Waals surface area contributed by atoms with Gasteiger partial charge in [0.1, 0.15) is 11.4 Å². The highest BCUT2D eigenvalue weighted by atomic mass is 79.9. The van der Waals surface area contributed by atoms with Gasteiger partial charge in [0, 0.05) is 6.20 Å². The molecule has 18 heavy (non-hydrogen) atoms. The van der Waals surface area contributed by atoms with Crippen molar-refractivity contribution in [2.75, 3.05) is 7.11 Å². The van der Waals surface area contributed by atoms with E-state index < -0.39 is 22.8 Å². The molecule has 1 heterocycles. The summed E-state index contributed by atoms with van der Waals surface area (Å²) in [5.74, 6) is -1.97. The maximum absolute atomic E-state index is 13.6. The molecule has 0 aliphatic heterocycles. The third-order valence-electron chi connectivity index (χ3n) is 2.46. The smallest absolute Gasteiger partial charge is 0.341 e. The molecule has 2 aromatic rings. The first kappa shape index (κ1) is 12.6. The highest BCUT2D eigenvalue weighted by Gasteiger charge is 2.18. The SMILES string of the molecule is COc1c(Br)c(F)cc2c(=O)c(C(=O)O)c[nH]c12. The molecule has 0 fully saturated rings. The average molecular weight is 316 g/mol. The maximum atomic E-state index is 13.6. The predicted octanol–water partition coefficient (Wildman–Crippen LogP) is 2.14. The minimum Gasteiger partial charge on any atom is -0.493 e. The summed E-state index contributed by atoms with van der Waals surface area (Å²) in [6, 6.07) is 0.965. The Balaban J connectivity index is 2.97. The van der Waals surface area contributed by atoms with E-state index >= 15 is 0 Å². The van der Waals surface area contributed by atoms with Gasteiger partial charge in [-0.1, -0.05) is 0 Å². The van der Waals surface area contributed by atoms with E-state index in [0.717, 1.165) is 12.3 Å². The fourth-order valence-electron chi connectivity index (χ4n) is 1.63. The predicted molar refractivity (Wildman–Crippen MR) is 65.7 cm³/mol. The van der Waals surface area contributed by atoms with Gasteiger partial charge in [0.05, 0.1) is 22.5 Å². The molecule has 2 N–H and O–H groups in total. The summed E-state index contributed by atoms with van der Waals surface area (Å²) in [5.41, 5.74) is -0.979. The summed E-state index contributed by atoms with van der Waals surface area (Å²) in [6.07, 6.45) is 1.06. The zero-order chi connectivity index (χ0) is 13.4. The number of carboxylic acids is 1. The van der Waals surface area contributed by atoms with E-state index in [9.17, 15) is 14.0 Å². The van der Waals surface area contributed by atoms with Gasteiger partial charge in [-0.15, -0.1) is 0 Å². The molecule has 0 atom stereocenters. The van der Waals surface area contributed by atoms with Crippen LogP contribution in [-0.2, 0) is 0 Å². The van der Waals surface area contributed by atoms with Crippen molar-refractivity contribution in [2.45, 2.75) is 0 Å². The van der Waals surface area contributed by atoms with Crippen molar-refractivity contribution in [2.24, 2.45) is 0 Å². The van der Waals surface area contributed by atoms with Gasteiger partial charge in [0.15, 0.2) is 5.75 Å². The van der Waals surface area contributed by atoms with Gasteiger partial charge in [0.2, 0.25) is 5.43 Å². The van der Waals surface area contributed by atoms with E-state index in [4.69, 9.17) is 9.84 Å². The summed E-state index contributed by atoms with van der Waals surface area (Å²) >= 11 is 3.00. The molecule has 94 valence electrons. The van der Waals surface area contributed by atoms with Gasteiger partial charge in [-0.25, -0.2) is 9.18 Å². The number of pyridine rings is 1. The molecule has 0 saturated heterocycles. The lowest BCUT2D eigenvalue weighted by molar-refractivity contribution is 0.0695. The number of H-pyrrole nitrogens is 1. The van der Waals surface area contributed by atoms with Crippen LogP contribution in [-0.4, -0.2) is 23.2 Å². The summed E-state index contributed by atoms with van der Waals surface area (Å²) in [6.45, 7) is 0. The number of methoxy groups -OCH3 is 1. The van der Waals surface area contributed by atoms with Crippen LogP contribution in [0.3, 0.4) is 0 Å². The molecular weight excluding hydrogens is 309 g/mol. The number of aromatic carboxylic acids is 1. The number of aromatic nitrogens is 1. The van der Waals surface area contributed by atoms with Crippen LogP contribution in [0.15, 0.2) is 21.5 Å². The molecular formula is C11H7BrFNO4. The van der Waals surface area contributed by atoms with Crippen molar-refractivity contribution < 1.29 is 19.0 Å². The second-order valence-corrected chi connectivity index (χ2v) is 4.26. The van der Waals surface area contributed by atoms with Crippen molar-refractivity contribution in [3.05, 3.63) is 38.3 Å². The number of nitrogens with one attached hydrogen (secondary N) is 1. The molecule has 7 heteroatoms. The van der Waals surface area contributed by atoms with Crippen LogP contribution in [0.25, 0.3) is 10.9 Å². The number of halogens is 2. The van der Waals surface area contributed by atoms with Gasteiger partial charge in [-0.2, -0.15) is 0 Å². The normalized spacial score (nSPS) is 10.6. The summed E-state index contributed by atoms with van der Waals surface area (Å²) < 4.78 is 18.6. The second kappa shape index (κ2) is 4.41. The van der Waals surface area contributed by atoms with Crippen LogP contribution in [0.5, 0.6) is 5.75 Å². The molecule has 0 unspecified atom stereocenters. The van der Waals surface area contributed by atoms with Gasteiger partial charge in [-0.3, -0.25) is 4.79 Å². The van der Waals surface area contributed by atoms with Crippen LogP contribution < -0.4 is 10.2 Å². The number of fused-ring (bicyclic) bond motifs is 1. The van der Waals surface area contributed by atoms with E-state index in [2.05, 4.69) is 20.9 Å². The van der Waals surface area contributed by atoms with Crippen molar-refractivity contribution in [1.82, 2.24) is 4.98 Å². The first-order valence-corrected chi connectivity index (χ1v) is 5.57. The van der Waals surface area contributed by atoms with Crippen LogP contribution in [0.1, 0.15) is 10.4 Å². The van der Waals surface area contributed by atoms with E-state index in [1.54, 1.807) is 0 Å². The fraction of sp³-hybridized carbons (Fsp3) is 0.0909. The van der Waals surface area contributed by atoms with Crippen LogP contribution in [0, 0.1) is 5.82 Å². The number of carboxylic acid groups (broad SMARTS) is 1. The van der Waals surface area contributed by atoms with Crippen molar-refractivity contribution in [1.29, 1.82) is 0 Å². The van der Waals surface area contributed by atoms with Gasteiger partial charge >= 0.3 is 5.97 Å². The van der Waals surface area contributed by atoms with E-state index in [-0.39, 0.29) is 21.1 Å². The van der Waals surface area contributed by atoms with Crippen molar-refractivity contribution in [3.63, 3.8) is 0 Å². The largest absolute Gasteiger partial charge is 0.493 e. The number of aromatic amines is 1. The molecule has 0 aliphatic carbocycles. The quantitative estimate of drug-likeness (QED) is 0.889. The summed E-state index contributed by atoms with van der Waals surface area (Å²) in [5, 5.41) is 8.74. The number of ether oxygens (including phenoxy) is 1. The third kappa shape index (κ3) is 1.76. The maximum Gasteiger partial charge on any atom is 0.341 e. The Morgan fingerprint density at radius 3 is 2.78 bits per heavy atom. The molecule has 5 nitrogen and oxygen atoms in total. The molecule has 0 amide bonds. The molecule has 0 radical (unpaired) electrons. The van der Waals surface area contributed by atoms with Crippen LogP contribution in [0.4, 0.5) is 4.39 Å². The number of rotatable bonds is 2. The summed E-state index contributed by atoms with van der Waals surface area (Å²) in [4.78, 5) is 25.3. The Hall–Kier alpha value is -1.89. The first-order valence-electron chi connectivity index (χ1n) is 4.78. The first-order chi connectivity index (χ1) is 8.47. The molecule has 0 aliphatic rings. The van der Waals surface area contributed by atoms with Crippen molar-refractivity contribution in [3.8, 4) is 5.75 Å². The van der Waals surface area contributed by atoms with Gasteiger partial charge in [0.25, 0.3) is 0 Å². The number of benzene rings is 1. The van der Waals surface area contributed by atoms with Gasteiger partial charge in [-0.05, 0) is 22.0 Å². The zero-order valence-electron chi connectivity index (χ0n) is 9.08. The van der Waals surface area contributed by atoms with Crippen LogP contribution >= 0.6 is 15.9 Å². The Morgan fingerprint density at radius 2 is 2.22 bits per heavy atom. The minimum absolute atomic E-state index is 0.0659. The highest BCUT2D eigenvalue weighted by molar-refractivity contribution is 9.10. The average Bonchev–Trinajstić information content (AvgIpc) is 2.32. The lowest BCUT2D eigenvalue weighted by Gasteiger charge is -2.08. The Kier molecular flexibility index (Phi) is 3.08. The molecule has 0 saturated carbocycles. The second-order valence-electron chi connectivity index (χ2n) is 3.46. The zero-order valence-corrected chi connectivity index (χ0v) is 10.7. The molecule has 1 aromatic carbocycles. The van der Waals surface area contributed by atoms with Gasteiger partial charge < -0.3 is 14.8 Å². The molecule has 1 aromatic heterocycles. The Morgan fingerprint density at radius 1 is 1.56 bits per heavy atom. The van der Waals surface area contributed by atoms with E-state index in [1.165, 1.54) is 7.11 Å². The van der Waals surface area contributed by atoms with Crippen LogP contribution in [0.2, 0.25) is 0 Å². The molecule has 0 bridgehead atoms. The fourth-order valence-corrected chi connectivity index (χ4v) is 2.11. The Labute approximate surface area is 108 Å². The number of hydrogen-bond acceptors (Lipinski definition) is 3. The van der Waals surface area contributed by atoms with E-state index in [1.807, 2.05) is 0 Å². The molecule has 2 rings (SSSR count). The monoisotopic (exact) mass is 315 g/mol. The molecule has 0 spiro atoms. The third-order valence-corrected chi connectivity index (χ3v) is 3.20. The van der Waals surface area contributed by atoms with Crippen molar-refractivity contribution >= 4 is 32.8 Å². The standard InChI is InChI=1S/C11H7BrFNO4/c1-18-10-7(12)6(13)2-4-8(10)14-3-5(9(4)15)11(16)17/h2-3H,1H3,(H,14,15)(H,16,17). The summed E-state index contributed by atoms with van der Waals surface area (Å²) in [7, 11) is 1.32. The number of carbonyl (C=O) groups is 1. The lowest BCUT2D eigenvalue weighted by atomic mass is 10.1. The van der Waals surface area contributed by atoms with E-state index in [0.29, 0.717) is 0 Å². The topological polar surface area (TPSA) is 79.4 Å². The minimum atomic E-state index is -1.37.